The summed E-state index contributed by atoms with van der Waals surface area (Å²) in [6.45, 7) is 6.47. The molecule has 0 heterocycles. The molecule has 0 N–H and O–H groups in total. The van der Waals surface area contributed by atoms with E-state index in [0.717, 1.165) is 12.8 Å². The molecule has 0 aromatic carbocycles. The predicted molar refractivity (Wildman–Crippen MR) is 98.8 cm³/mol. The summed E-state index contributed by atoms with van der Waals surface area (Å²) in [5.41, 5.74) is 0. The highest BCUT2D eigenvalue weighted by Crippen LogP contribution is 2.17. The minimum atomic E-state index is 0.143. The Bertz CT molecular complexity index is 288. The topological polar surface area (TPSA) is 17.1 Å². The quantitative estimate of drug-likeness (QED) is 0.240. The normalized spacial score (nSPS) is 13.5. The second-order valence-electron chi connectivity index (χ2n) is 6.63. The molecular formula is C21H37O. The number of hydrogen-bond donors (Lipinski definition) is 0. The van der Waals surface area contributed by atoms with Gasteiger partial charge in [-0.15, -0.1) is 0 Å². The van der Waals surface area contributed by atoms with E-state index in [1.807, 2.05) is 0 Å². The Morgan fingerprint density at radius 2 is 1.41 bits per heavy atom. The maximum atomic E-state index is 10.8. The summed E-state index contributed by atoms with van der Waals surface area (Å²) in [6.07, 6.45) is 24.8. The molecule has 0 saturated heterocycles. The molecule has 1 atom stereocenters. The lowest BCUT2D eigenvalue weighted by Gasteiger charge is -2.12. The molecule has 1 nitrogen and oxygen atoms in total. The number of rotatable bonds is 15. The van der Waals surface area contributed by atoms with Crippen LogP contribution < -0.4 is 0 Å². The van der Waals surface area contributed by atoms with Crippen molar-refractivity contribution in [3.8, 4) is 0 Å². The summed E-state index contributed by atoms with van der Waals surface area (Å²) in [6, 6.07) is 0. The Kier molecular flexibility index (Phi) is 15.9. The van der Waals surface area contributed by atoms with E-state index in [-0.39, 0.29) is 5.92 Å². The van der Waals surface area contributed by atoms with Gasteiger partial charge in [-0.3, -0.25) is 4.79 Å². The van der Waals surface area contributed by atoms with Gasteiger partial charge in [-0.05, 0) is 44.4 Å². The van der Waals surface area contributed by atoms with Crippen LogP contribution in [0.15, 0.2) is 24.3 Å². The lowest BCUT2D eigenvalue weighted by Crippen LogP contribution is -2.09. The van der Waals surface area contributed by atoms with Gasteiger partial charge in [0.05, 0.1) is 0 Å². The molecule has 0 spiro atoms. The SMILES string of the molecule is CCCCC/C=C\C/C=C\CCCCCCC([C]=O)C(C)C. The van der Waals surface area contributed by atoms with Crippen molar-refractivity contribution in [3.63, 3.8) is 0 Å². The van der Waals surface area contributed by atoms with Crippen LogP contribution >= 0.6 is 0 Å². The maximum Gasteiger partial charge on any atom is 0.202 e. The molecule has 1 unspecified atom stereocenters. The van der Waals surface area contributed by atoms with E-state index in [9.17, 15) is 4.79 Å². The molecular weight excluding hydrogens is 268 g/mol. The van der Waals surface area contributed by atoms with Crippen molar-refractivity contribution in [2.45, 2.75) is 91.4 Å². The first-order chi connectivity index (χ1) is 10.7. The Balaban J connectivity index is 3.35. The van der Waals surface area contributed by atoms with Gasteiger partial charge in [-0.2, -0.15) is 0 Å². The number of allylic oxidation sites excluding steroid dienone is 4. The smallest absolute Gasteiger partial charge is 0.202 e. The van der Waals surface area contributed by atoms with Crippen molar-refractivity contribution < 1.29 is 4.79 Å². The summed E-state index contributed by atoms with van der Waals surface area (Å²) >= 11 is 0. The van der Waals surface area contributed by atoms with Crippen molar-refractivity contribution in [3.05, 3.63) is 24.3 Å². The Morgan fingerprint density at radius 3 is 1.95 bits per heavy atom. The molecule has 0 bridgehead atoms. The van der Waals surface area contributed by atoms with Gasteiger partial charge in [-0.1, -0.05) is 77.2 Å². The summed E-state index contributed by atoms with van der Waals surface area (Å²) in [5.74, 6) is 0.583. The van der Waals surface area contributed by atoms with Gasteiger partial charge in [0.25, 0.3) is 0 Å². The van der Waals surface area contributed by atoms with Crippen LogP contribution in [0, 0.1) is 11.8 Å². The van der Waals surface area contributed by atoms with Crippen LogP contribution in [0.4, 0.5) is 0 Å². The van der Waals surface area contributed by atoms with Crippen molar-refractivity contribution in [2.24, 2.45) is 11.8 Å². The van der Waals surface area contributed by atoms with Crippen molar-refractivity contribution in [1.29, 1.82) is 0 Å². The summed E-state index contributed by atoms with van der Waals surface area (Å²) in [4.78, 5) is 10.8. The van der Waals surface area contributed by atoms with Crippen LogP contribution in [0.5, 0.6) is 0 Å². The zero-order chi connectivity index (χ0) is 16.5. The van der Waals surface area contributed by atoms with Gasteiger partial charge in [0, 0.05) is 5.92 Å². The van der Waals surface area contributed by atoms with E-state index in [4.69, 9.17) is 0 Å². The molecule has 1 heteroatoms. The molecule has 0 aromatic rings. The minimum absolute atomic E-state index is 0.143. The third-order valence-electron chi connectivity index (χ3n) is 4.17. The molecule has 0 aliphatic rings. The van der Waals surface area contributed by atoms with E-state index < -0.39 is 0 Å². The summed E-state index contributed by atoms with van der Waals surface area (Å²) < 4.78 is 0. The standard InChI is InChI=1S/C21H37O/c1-4-5-6-7-8-9-10-11-12-13-14-15-16-17-18-21(19-22)20(2)3/h8-9,11-12,20-21H,4-7,10,13-18H2,1-3H3/b9-8-,12-11-. The summed E-state index contributed by atoms with van der Waals surface area (Å²) in [7, 11) is 0. The first kappa shape index (κ1) is 21.1. The van der Waals surface area contributed by atoms with E-state index in [1.165, 1.54) is 57.8 Å². The maximum absolute atomic E-state index is 10.8. The number of carbonyl (C=O) groups excluding carboxylic acids is 1. The zero-order valence-corrected chi connectivity index (χ0v) is 15.2. The van der Waals surface area contributed by atoms with Gasteiger partial charge >= 0.3 is 0 Å². The lowest BCUT2D eigenvalue weighted by molar-refractivity contribution is 0.410. The van der Waals surface area contributed by atoms with E-state index in [2.05, 4.69) is 51.4 Å². The molecule has 0 aliphatic carbocycles. The fraction of sp³-hybridized carbons (Fsp3) is 0.762. The van der Waals surface area contributed by atoms with Crippen molar-refractivity contribution >= 4 is 6.29 Å². The monoisotopic (exact) mass is 305 g/mol. The lowest BCUT2D eigenvalue weighted by atomic mass is 9.91. The Hall–Kier alpha value is -0.850. The average Bonchev–Trinajstić information content (AvgIpc) is 2.51. The molecule has 0 fully saturated rings. The first-order valence-corrected chi connectivity index (χ1v) is 9.40. The second kappa shape index (κ2) is 16.5. The highest BCUT2D eigenvalue weighted by Gasteiger charge is 2.11. The van der Waals surface area contributed by atoms with Crippen LogP contribution in [0.2, 0.25) is 0 Å². The van der Waals surface area contributed by atoms with E-state index in [0.29, 0.717) is 5.92 Å². The minimum Gasteiger partial charge on any atom is -0.291 e. The van der Waals surface area contributed by atoms with Crippen LogP contribution in [-0.2, 0) is 4.79 Å². The molecule has 0 amide bonds. The molecule has 0 saturated carbocycles. The molecule has 0 aliphatic heterocycles. The first-order valence-electron chi connectivity index (χ1n) is 9.40. The van der Waals surface area contributed by atoms with Gasteiger partial charge in [0.1, 0.15) is 0 Å². The van der Waals surface area contributed by atoms with Gasteiger partial charge in [0.15, 0.2) is 0 Å². The molecule has 1 radical (unpaired) electrons. The highest BCUT2D eigenvalue weighted by atomic mass is 16.1. The molecule has 22 heavy (non-hydrogen) atoms. The number of hydrogen-bond acceptors (Lipinski definition) is 1. The van der Waals surface area contributed by atoms with Crippen LogP contribution in [0.1, 0.15) is 91.4 Å². The largest absolute Gasteiger partial charge is 0.291 e. The van der Waals surface area contributed by atoms with Gasteiger partial charge in [-0.25, -0.2) is 0 Å². The summed E-state index contributed by atoms with van der Waals surface area (Å²) in [5, 5.41) is 0. The van der Waals surface area contributed by atoms with Crippen molar-refractivity contribution in [1.82, 2.24) is 0 Å². The van der Waals surface area contributed by atoms with Crippen LogP contribution in [-0.4, -0.2) is 6.29 Å². The van der Waals surface area contributed by atoms with Crippen LogP contribution in [0.25, 0.3) is 0 Å². The second-order valence-corrected chi connectivity index (χ2v) is 6.63. The Morgan fingerprint density at radius 1 is 0.818 bits per heavy atom. The zero-order valence-electron chi connectivity index (χ0n) is 15.2. The molecule has 127 valence electrons. The molecule has 0 rings (SSSR count). The third-order valence-corrected chi connectivity index (χ3v) is 4.17. The van der Waals surface area contributed by atoms with Crippen LogP contribution in [0.3, 0.4) is 0 Å². The fourth-order valence-electron chi connectivity index (χ4n) is 2.53. The van der Waals surface area contributed by atoms with E-state index >= 15 is 0 Å². The van der Waals surface area contributed by atoms with Gasteiger partial charge < -0.3 is 0 Å². The average molecular weight is 306 g/mol. The molecule has 0 aromatic heterocycles. The Labute approximate surface area is 139 Å². The van der Waals surface area contributed by atoms with Crippen molar-refractivity contribution in [2.75, 3.05) is 0 Å². The van der Waals surface area contributed by atoms with E-state index in [1.54, 1.807) is 0 Å². The highest BCUT2D eigenvalue weighted by molar-refractivity contribution is 5.54. The van der Waals surface area contributed by atoms with Gasteiger partial charge in [0.2, 0.25) is 6.29 Å². The third kappa shape index (κ3) is 14.1. The fourth-order valence-corrected chi connectivity index (χ4v) is 2.53. The predicted octanol–water partition coefficient (Wildman–Crippen LogP) is 6.79. The number of unbranched alkanes of at least 4 members (excludes halogenated alkanes) is 7.